The van der Waals surface area contributed by atoms with Crippen LogP contribution in [0.4, 0.5) is 10.5 Å². The van der Waals surface area contributed by atoms with Gasteiger partial charge in [0, 0.05) is 35.9 Å². The Kier molecular flexibility index (Phi) is 4.30. The van der Waals surface area contributed by atoms with Crippen LogP contribution in [-0.2, 0) is 9.47 Å². The van der Waals surface area contributed by atoms with E-state index in [4.69, 9.17) is 26.8 Å². The van der Waals surface area contributed by atoms with Crippen LogP contribution in [0.2, 0.25) is 5.02 Å². The van der Waals surface area contributed by atoms with Crippen molar-refractivity contribution in [2.24, 2.45) is 5.73 Å². The molecule has 2 fully saturated rings. The average molecular weight is 312 g/mol. The molecule has 1 amide bonds. The van der Waals surface area contributed by atoms with Crippen LogP contribution in [0.3, 0.4) is 0 Å². The third-order valence-corrected chi connectivity index (χ3v) is 4.03. The molecule has 0 aromatic heterocycles. The fraction of sp³-hybridized carbons (Fsp3) is 0.500. The maximum Gasteiger partial charge on any atom is 0.414 e. The lowest BCUT2D eigenvalue weighted by molar-refractivity contribution is 0.0278. The third kappa shape index (κ3) is 2.98. The highest BCUT2D eigenvalue weighted by Crippen LogP contribution is 2.31. The molecule has 2 heterocycles. The normalized spacial score (nSPS) is 26.0. The number of nitrogens with zero attached hydrogens (tertiary/aromatic N) is 1. The van der Waals surface area contributed by atoms with Gasteiger partial charge < -0.3 is 20.5 Å². The number of cyclic esters (lactones) is 1. The molecule has 114 valence electrons. The fourth-order valence-electron chi connectivity index (χ4n) is 2.57. The van der Waals surface area contributed by atoms with E-state index in [1.807, 2.05) is 12.1 Å². The van der Waals surface area contributed by atoms with Gasteiger partial charge in [0.15, 0.2) is 0 Å². The van der Waals surface area contributed by atoms with E-state index >= 15 is 0 Å². The van der Waals surface area contributed by atoms with Crippen LogP contribution in [0.1, 0.15) is 11.7 Å². The van der Waals surface area contributed by atoms with Gasteiger partial charge in [-0.05, 0) is 12.1 Å². The first-order valence-corrected chi connectivity index (χ1v) is 7.37. The van der Waals surface area contributed by atoms with E-state index in [9.17, 15) is 4.79 Å². The molecule has 2 saturated heterocycles. The van der Waals surface area contributed by atoms with E-state index in [0.29, 0.717) is 30.4 Å². The molecule has 0 aliphatic carbocycles. The van der Waals surface area contributed by atoms with Crippen LogP contribution in [0.25, 0.3) is 0 Å². The second-order valence-electron chi connectivity index (χ2n) is 5.12. The number of hydrogen-bond donors (Lipinski definition) is 2. The number of hydrogen-bond acceptors (Lipinski definition) is 5. The molecule has 2 aliphatic heterocycles. The van der Waals surface area contributed by atoms with E-state index in [1.165, 1.54) is 0 Å². The summed E-state index contributed by atoms with van der Waals surface area (Å²) in [5.74, 6) is 0. The number of benzene rings is 1. The van der Waals surface area contributed by atoms with Crippen molar-refractivity contribution < 1.29 is 14.3 Å². The van der Waals surface area contributed by atoms with Crippen molar-refractivity contribution in [2.75, 3.05) is 37.7 Å². The molecular weight excluding hydrogens is 294 g/mol. The van der Waals surface area contributed by atoms with Gasteiger partial charge in [0.1, 0.15) is 6.10 Å². The summed E-state index contributed by atoms with van der Waals surface area (Å²) in [7, 11) is 0. The summed E-state index contributed by atoms with van der Waals surface area (Å²) >= 11 is 6.35. The SMILES string of the molecule is NCC1CN(c2ccc(C3CNCCO3)c(Cl)c2)C(=O)O1. The van der Waals surface area contributed by atoms with Gasteiger partial charge in [-0.1, -0.05) is 17.7 Å². The highest BCUT2D eigenvalue weighted by Gasteiger charge is 2.32. The quantitative estimate of drug-likeness (QED) is 0.879. The van der Waals surface area contributed by atoms with Crippen LogP contribution in [0.15, 0.2) is 18.2 Å². The summed E-state index contributed by atoms with van der Waals surface area (Å²) in [6.07, 6.45) is -0.700. The van der Waals surface area contributed by atoms with E-state index in [2.05, 4.69) is 5.32 Å². The average Bonchev–Trinajstić information content (AvgIpc) is 2.89. The molecule has 2 atom stereocenters. The van der Waals surface area contributed by atoms with Gasteiger partial charge in [-0.3, -0.25) is 4.90 Å². The number of carbonyl (C=O) groups is 1. The van der Waals surface area contributed by atoms with Crippen molar-refractivity contribution in [1.29, 1.82) is 0 Å². The Morgan fingerprint density at radius 1 is 1.48 bits per heavy atom. The Balaban J connectivity index is 1.79. The number of nitrogens with one attached hydrogen (secondary N) is 1. The number of carbonyl (C=O) groups excluding carboxylic acids is 1. The molecule has 0 spiro atoms. The predicted molar refractivity (Wildman–Crippen MR) is 79.7 cm³/mol. The first-order chi connectivity index (χ1) is 10.2. The van der Waals surface area contributed by atoms with Crippen molar-refractivity contribution in [3.8, 4) is 0 Å². The lowest BCUT2D eigenvalue weighted by Gasteiger charge is -2.25. The minimum absolute atomic E-state index is 0.0531. The Bertz CT molecular complexity index is 534. The minimum atomic E-state index is -0.384. The first kappa shape index (κ1) is 14.6. The van der Waals surface area contributed by atoms with Gasteiger partial charge in [-0.2, -0.15) is 0 Å². The van der Waals surface area contributed by atoms with Gasteiger partial charge in [0.2, 0.25) is 0 Å². The van der Waals surface area contributed by atoms with Crippen LogP contribution in [0, 0.1) is 0 Å². The Hall–Kier alpha value is -1.34. The standard InChI is InChI=1S/C14H18ClN3O3/c15-12-5-9(18-8-10(6-16)21-14(18)19)1-2-11(12)13-7-17-3-4-20-13/h1-2,5,10,13,17H,3-4,6-8,16H2. The minimum Gasteiger partial charge on any atom is -0.443 e. The summed E-state index contributed by atoms with van der Waals surface area (Å²) in [6, 6.07) is 5.53. The molecular formula is C14H18ClN3O3. The van der Waals surface area contributed by atoms with Crippen molar-refractivity contribution in [1.82, 2.24) is 5.32 Å². The largest absolute Gasteiger partial charge is 0.443 e. The molecule has 1 aromatic carbocycles. The van der Waals surface area contributed by atoms with Gasteiger partial charge in [-0.25, -0.2) is 4.79 Å². The van der Waals surface area contributed by atoms with Gasteiger partial charge in [0.25, 0.3) is 0 Å². The molecule has 0 saturated carbocycles. The van der Waals surface area contributed by atoms with Crippen molar-refractivity contribution in [3.05, 3.63) is 28.8 Å². The number of nitrogens with two attached hydrogens (primary N) is 1. The van der Waals surface area contributed by atoms with Crippen molar-refractivity contribution in [3.63, 3.8) is 0 Å². The second-order valence-corrected chi connectivity index (χ2v) is 5.53. The highest BCUT2D eigenvalue weighted by atomic mass is 35.5. The molecule has 0 radical (unpaired) electrons. The molecule has 21 heavy (non-hydrogen) atoms. The highest BCUT2D eigenvalue weighted by molar-refractivity contribution is 6.31. The molecule has 3 rings (SSSR count). The Morgan fingerprint density at radius 2 is 2.33 bits per heavy atom. The molecule has 2 unspecified atom stereocenters. The number of rotatable bonds is 3. The van der Waals surface area contributed by atoms with Crippen molar-refractivity contribution in [2.45, 2.75) is 12.2 Å². The summed E-state index contributed by atoms with van der Waals surface area (Å²) in [6.45, 7) is 3.02. The maximum absolute atomic E-state index is 11.8. The lowest BCUT2D eigenvalue weighted by Crippen LogP contribution is -2.33. The number of morpholine rings is 1. The molecule has 7 heteroatoms. The summed E-state index contributed by atoms with van der Waals surface area (Å²) in [4.78, 5) is 13.4. The van der Waals surface area contributed by atoms with E-state index in [0.717, 1.165) is 18.7 Å². The van der Waals surface area contributed by atoms with Crippen LogP contribution < -0.4 is 16.0 Å². The second kappa shape index (κ2) is 6.19. The maximum atomic E-state index is 11.8. The van der Waals surface area contributed by atoms with E-state index in [-0.39, 0.29) is 18.3 Å². The van der Waals surface area contributed by atoms with Gasteiger partial charge in [-0.15, -0.1) is 0 Å². The zero-order chi connectivity index (χ0) is 14.8. The number of amides is 1. The zero-order valence-electron chi connectivity index (χ0n) is 11.5. The third-order valence-electron chi connectivity index (χ3n) is 3.71. The summed E-state index contributed by atoms with van der Waals surface area (Å²) in [5.41, 5.74) is 7.18. The van der Waals surface area contributed by atoms with Crippen LogP contribution in [-0.4, -0.2) is 45.0 Å². The van der Waals surface area contributed by atoms with Gasteiger partial charge >= 0.3 is 6.09 Å². The monoisotopic (exact) mass is 311 g/mol. The first-order valence-electron chi connectivity index (χ1n) is 6.99. The lowest BCUT2D eigenvalue weighted by atomic mass is 10.1. The topological polar surface area (TPSA) is 76.8 Å². The zero-order valence-corrected chi connectivity index (χ0v) is 12.3. The smallest absolute Gasteiger partial charge is 0.414 e. The van der Waals surface area contributed by atoms with Crippen LogP contribution in [0.5, 0.6) is 0 Å². The fourth-order valence-corrected chi connectivity index (χ4v) is 2.86. The van der Waals surface area contributed by atoms with Crippen LogP contribution >= 0.6 is 11.6 Å². The van der Waals surface area contributed by atoms with Crippen molar-refractivity contribution >= 4 is 23.4 Å². The van der Waals surface area contributed by atoms with E-state index in [1.54, 1.807) is 11.0 Å². The Labute approximate surface area is 128 Å². The number of ether oxygens (including phenoxy) is 2. The molecule has 2 aliphatic rings. The van der Waals surface area contributed by atoms with Gasteiger partial charge in [0.05, 0.1) is 19.3 Å². The summed E-state index contributed by atoms with van der Waals surface area (Å²) in [5, 5.41) is 3.86. The summed E-state index contributed by atoms with van der Waals surface area (Å²) < 4.78 is 10.8. The molecule has 1 aromatic rings. The Morgan fingerprint density at radius 3 is 2.95 bits per heavy atom. The number of halogens is 1. The number of anilines is 1. The molecule has 6 nitrogen and oxygen atoms in total. The molecule has 0 bridgehead atoms. The molecule has 3 N–H and O–H groups in total. The van der Waals surface area contributed by atoms with E-state index < -0.39 is 0 Å². The predicted octanol–water partition coefficient (Wildman–Crippen LogP) is 1.28.